The number of hydrogen-bond acceptors (Lipinski definition) is 3. The fourth-order valence-corrected chi connectivity index (χ4v) is 2.23. The van der Waals surface area contributed by atoms with Gasteiger partial charge in [0.2, 0.25) is 0 Å². The third-order valence-electron chi connectivity index (χ3n) is 3.04. The Morgan fingerprint density at radius 1 is 1.43 bits per heavy atom. The quantitative estimate of drug-likeness (QED) is 0.728. The SMILES string of the molecule is CCN1CCCN(CC(C)N)C(C)C1. The van der Waals surface area contributed by atoms with E-state index in [4.69, 9.17) is 5.73 Å². The maximum absolute atomic E-state index is 5.85. The van der Waals surface area contributed by atoms with Crippen LogP contribution in [0.4, 0.5) is 0 Å². The highest BCUT2D eigenvalue weighted by Gasteiger charge is 2.20. The van der Waals surface area contributed by atoms with Crippen LogP contribution < -0.4 is 5.73 Å². The van der Waals surface area contributed by atoms with Gasteiger partial charge in [-0.2, -0.15) is 0 Å². The van der Waals surface area contributed by atoms with Crippen molar-refractivity contribution >= 4 is 0 Å². The van der Waals surface area contributed by atoms with Crippen LogP contribution in [0, 0.1) is 0 Å². The van der Waals surface area contributed by atoms with Crippen molar-refractivity contribution in [2.45, 2.75) is 39.3 Å². The summed E-state index contributed by atoms with van der Waals surface area (Å²) in [5.41, 5.74) is 5.85. The van der Waals surface area contributed by atoms with Crippen LogP contribution in [0.15, 0.2) is 0 Å². The molecule has 2 unspecified atom stereocenters. The minimum absolute atomic E-state index is 0.297. The van der Waals surface area contributed by atoms with Gasteiger partial charge in [-0.1, -0.05) is 6.92 Å². The minimum atomic E-state index is 0.297. The van der Waals surface area contributed by atoms with E-state index in [2.05, 4.69) is 30.6 Å². The van der Waals surface area contributed by atoms with Crippen LogP contribution in [0.3, 0.4) is 0 Å². The normalized spacial score (nSPS) is 28.7. The van der Waals surface area contributed by atoms with Crippen molar-refractivity contribution in [1.82, 2.24) is 9.80 Å². The van der Waals surface area contributed by atoms with Crippen molar-refractivity contribution in [3.05, 3.63) is 0 Å². The van der Waals surface area contributed by atoms with Gasteiger partial charge in [0, 0.05) is 25.2 Å². The smallest absolute Gasteiger partial charge is 0.0195 e. The van der Waals surface area contributed by atoms with Crippen LogP contribution in [-0.2, 0) is 0 Å². The predicted octanol–water partition coefficient (Wildman–Crippen LogP) is 0.750. The third-order valence-corrected chi connectivity index (χ3v) is 3.04. The zero-order valence-electron chi connectivity index (χ0n) is 9.87. The number of nitrogens with zero attached hydrogens (tertiary/aromatic N) is 2. The maximum atomic E-state index is 5.85. The van der Waals surface area contributed by atoms with Gasteiger partial charge in [0.25, 0.3) is 0 Å². The Morgan fingerprint density at radius 3 is 2.71 bits per heavy atom. The molecule has 0 spiro atoms. The molecule has 3 nitrogen and oxygen atoms in total. The standard InChI is InChI=1S/C11H25N3/c1-4-13-6-5-7-14(8-10(2)12)11(3)9-13/h10-11H,4-9,12H2,1-3H3. The van der Waals surface area contributed by atoms with Crippen LogP contribution in [0.1, 0.15) is 27.2 Å². The summed E-state index contributed by atoms with van der Waals surface area (Å²) in [6, 6.07) is 0.953. The topological polar surface area (TPSA) is 32.5 Å². The van der Waals surface area contributed by atoms with Gasteiger partial charge < -0.3 is 10.6 Å². The van der Waals surface area contributed by atoms with Gasteiger partial charge in [-0.25, -0.2) is 0 Å². The van der Waals surface area contributed by atoms with E-state index >= 15 is 0 Å². The van der Waals surface area contributed by atoms with E-state index in [1.807, 2.05) is 0 Å². The number of hydrogen-bond donors (Lipinski definition) is 1. The Morgan fingerprint density at radius 2 is 2.14 bits per heavy atom. The van der Waals surface area contributed by atoms with Gasteiger partial charge in [0.1, 0.15) is 0 Å². The molecule has 3 heteroatoms. The van der Waals surface area contributed by atoms with E-state index in [9.17, 15) is 0 Å². The van der Waals surface area contributed by atoms with Crippen molar-refractivity contribution in [2.24, 2.45) is 5.73 Å². The monoisotopic (exact) mass is 199 g/mol. The molecule has 0 bridgehead atoms. The summed E-state index contributed by atoms with van der Waals surface area (Å²) in [5, 5.41) is 0. The molecule has 1 fully saturated rings. The highest BCUT2D eigenvalue weighted by Crippen LogP contribution is 2.09. The van der Waals surface area contributed by atoms with Crippen LogP contribution in [0.5, 0.6) is 0 Å². The van der Waals surface area contributed by atoms with Gasteiger partial charge in [-0.15, -0.1) is 0 Å². The lowest BCUT2D eigenvalue weighted by Crippen LogP contribution is -2.44. The molecule has 0 aliphatic carbocycles. The fraction of sp³-hybridized carbons (Fsp3) is 1.00. The summed E-state index contributed by atoms with van der Waals surface area (Å²) < 4.78 is 0. The molecular weight excluding hydrogens is 174 g/mol. The second-order valence-electron chi connectivity index (χ2n) is 4.57. The molecule has 84 valence electrons. The Kier molecular flexibility index (Phi) is 4.85. The van der Waals surface area contributed by atoms with Crippen molar-refractivity contribution in [3.8, 4) is 0 Å². The lowest BCUT2D eigenvalue weighted by molar-refractivity contribution is 0.187. The number of nitrogens with two attached hydrogens (primary N) is 1. The second-order valence-corrected chi connectivity index (χ2v) is 4.57. The molecule has 0 aromatic carbocycles. The van der Waals surface area contributed by atoms with E-state index in [0.717, 1.165) is 6.54 Å². The Labute approximate surface area is 88.2 Å². The number of rotatable bonds is 3. The minimum Gasteiger partial charge on any atom is -0.327 e. The summed E-state index contributed by atoms with van der Waals surface area (Å²) in [6.45, 7) is 12.5. The van der Waals surface area contributed by atoms with E-state index in [1.165, 1.54) is 32.6 Å². The van der Waals surface area contributed by atoms with Gasteiger partial charge in [-0.3, -0.25) is 4.90 Å². The van der Waals surface area contributed by atoms with Crippen molar-refractivity contribution in [1.29, 1.82) is 0 Å². The fourth-order valence-electron chi connectivity index (χ4n) is 2.23. The lowest BCUT2D eigenvalue weighted by Gasteiger charge is -2.29. The highest BCUT2D eigenvalue weighted by atomic mass is 15.2. The largest absolute Gasteiger partial charge is 0.327 e. The summed E-state index contributed by atoms with van der Waals surface area (Å²) in [6.07, 6.45) is 1.28. The van der Waals surface area contributed by atoms with Crippen molar-refractivity contribution in [3.63, 3.8) is 0 Å². The summed E-state index contributed by atoms with van der Waals surface area (Å²) in [5.74, 6) is 0. The maximum Gasteiger partial charge on any atom is 0.0195 e. The molecule has 0 radical (unpaired) electrons. The average Bonchev–Trinajstić information content (AvgIpc) is 2.28. The van der Waals surface area contributed by atoms with Crippen LogP contribution >= 0.6 is 0 Å². The average molecular weight is 199 g/mol. The lowest BCUT2D eigenvalue weighted by atomic mass is 10.2. The Hall–Kier alpha value is -0.120. The number of likely N-dealkylation sites (N-methyl/N-ethyl adjacent to an activating group) is 1. The first-order valence-electron chi connectivity index (χ1n) is 5.85. The second kappa shape index (κ2) is 5.69. The molecule has 14 heavy (non-hydrogen) atoms. The van der Waals surface area contributed by atoms with Crippen molar-refractivity contribution < 1.29 is 0 Å². The first-order chi connectivity index (χ1) is 6.63. The summed E-state index contributed by atoms with van der Waals surface area (Å²) in [4.78, 5) is 5.06. The molecule has 2 atom stereocenters. The zero-order chi connectivity index (χ0) is 10.6. The predicted molar refractivity (Wildman–Crippen MR) is 61.4 cm³/mol. The molecule has 1 rings (SSSR count). The zero-order valence-corrected chi connectivity index (χ0v) is 9.87. The summed E-state index contributed by atoms with van der Waals surface area (Å²) in [7, 11) is 0. The van der Waals surface area contributed by atoms with Crippen LogP contribution in [-0.4, -0.2) is 54.6 Å². The summed E-state index contributed by atoms with van der Waals surface area (Å²) >= 11 is 0. The van der Waals surface area contributed by atoms with E-state index in [-0.39, 0.29) is 0 Å². The van der Waals surface area contributed by atoms with Crippen molar-refractivity contribution in [2.75, 3.05) is 32.7 Å². The highest BCUT2D eigenvalue weighted by molar-refractivity contribution is 4.78. The van der Waals surface area contributed by atoms with Gasteiger partial charge in [0.05, 0.1) is 0 Å². The molecule has 0 saturated carbocycles. The molecule has 0 aromatic heterocycles. The van der Waals surface area contributed by atoms with E-state index < -0.39 is 0 Å². The third kappa shape index (κ3) is 3.56. The molecule has 1 aliphatic heterocycles. The van der Waals surface area contributed by atoms with E-state index in [0.29, 0.717) is 12.1 Å². The first-order valence-corrected chi connectivity index (χ1v) is 5.85. The van der Waals surface area contributed by atoms with Gasteiger partial charge >= 0.3 is 0 Å². The Balaban J connectivity index is 2.44. The molecular formula is C11H25N3. The molecule has 0 amide bonds. The molecule has 1 heterocycles. The van der Waals surface area contributed by atoms with Crippen LogP contribution in [0.2, 0.25) is 0 Å². The Bertz CT molecular complexity index is 159. The van der Waals surface area contributed by atoms with Crippen LogP contribution in [0.25, 0.3) is 0 Å². The van der Waals surface area contributed by atoms with E-state index in [1.54, 1.807) is 0 Å². The van der Waals surface area contributed by atoms with Gasteiger partial charge in [0.15, 0.2) is 0 Å². The molecule has 0 aromatic rings. The molecule has 1 aliphatic rings. The molecule has 1 saturated heterocycles. The van der Waals surface area contributed by atoms with Gasteiger partial charge in [-0.05, 0) is 39.9 Å². The first kappa shape index (κ1) is 12.0. The molecule has 2 N–H and O–H groups in total.